The van der Waals surface area contributed by atoms with Crippen LogP contribution in [0.4, 0.5) is 15.9 Å². The van der Waals surface area contributed by atoms with Crippen molar-refractivity contribution in [3.05, 3.63) is 89.4 Å². The Bertz CT molecular complexity index is 2560. The van der Waals surface area contributed by atoms with Crippen LogP contribution in [0.3, 0.4) is 0 Å². The summed E-state index contributed by atoms with van der Waals surface area (Å²) in [4.78, 5) is 44.0. The second kappa shape index (κ2) is 15.4. The van der Waals surface area contributed by atoms with Crippen LogP contribution in [0.15, 0.2) is 66.7 Å². The molecule has 2 aromatic heterocycles. The molecule has 4 saturated heterocycles. The molecule has 316 valence electrons. The van der Waals surface area contributed by atoms with Crippen LogP contribution >= 0.6 is 0 Å². The number of piperidine rings is 1. The van der Waals surface area contributed by atoms with Crippen molar-refractivity contribution in [3.63, 3.8) is 0 Å². The number of phenolic OH excluding ortho intramolecular Hbond substituents is 1. The van der Waals surface area contributed by atoms with E-state index in [4.69, 9.17) is 10.5 Å². The Hall–Kier alpha value is -6.09. The van der Waals surface area contributed by atoms with E-state index in [1.165, 1.54) is 0 Å². The number of rotatable bonds is 11. The maximum absolute atomic E-state index is 16.1. The first-order valence-electron chi connectivity index (χ1n) is 21.4. The van der Waals surface area contributed by atoms with E-state index in [1.807, 2.05) is 60.5 Å². The van der Waals surface area contributed by atoms with Crippen molar-refractivity contribution in [2.45, 2.75) is 44.4 Å². The van der Waals surface area contributed by atoms with Gasteiger partial charge in [-0.2, -0.15) is 5.10 Å². The van der Waals surface area contributed by atoms with Crippen LogP contribution in [0.5, 0.6) is 11.5 Å². The fourth-order valence-corrected chi connectivity index (χ4v) is 11.1. The topological polar surface area (TPSA) is 172 Å². The van der Waals surface area contributed by atoms with Gasteiger partial charge in [0.25, 0.3) is 0 Å². The molecule has 5 atom stereocenters. The third-order valence-corrected chi connectivity index (χ3v) is 14.3. The van der Waals surface area contributed by atoms with E-state index in [1.54, 1.807) is 22.9 Å². The first-order valence-corrected chi connectivity index (χ1v) is 21.4. The summed E-state index contributed by atoms with van der Waals surface area (Å²) in [6, 6.07) is 20.3. The van der Waals surface area contributed by atoms with Gasteiger partial charge in [-0.1, -0.05) is 36.4 Å². The first kappa shape index (κ1) is 39.1. The summed E-state index contributed by atoms with van der Waals surface area (Å²) in [5.74, 6) is 0.950. The molecule has 6 fully saturated rings. The van der Waals surface area contributed by atoms with Gasteiger partial charge in [-0.15, -0.1) is 10.2 Å². The maximum atomic E-state index is 16.1. The van der Waals surface area contributed by atoms with Gasteiger partial charge in [0.2, 0.25) is 17.7 Å². The number of carbonyl (C=O) groups is 3. The summed E-state index contributed by atoms with van der Waals surface area (Å²) >= 11 is 0. The number of piperazine rings is 1. The number of ether oxygens (including phenoxy) is 1. The number of imide groups is 1. The number of carbonyl (C=O) groups excluding carboxylic acids is 3. The number of phenols is 1. The Labute approximate surface area is 352 Å². The van der Waals surface area contributed by atoms with Gasteiger partial charge in [-0.3, -0.25) is 29.3 Å². The van der Waals surface area contributed by atoms with Gasteiger partial charge in [0.05, 0.1) is 34.9 Å². The number of aryl methyl sites for hydroxylation is 1. The van der Waals surface area contributed by atoms with Crippen LogP contribution in [0.1, 0.15) is 48.4 Å². The fourth-order valence-electron chi connectivity index (χ4n) is 11.1. The van der Waals surface area contributed by atoms with Crippen molar-refractivity contribution in [2.75, 3.05) is 63.1 Å². The second-order valence-electron chi connectivity index (χ2n) is 17.7. The Morgan fingerprint density at radius 2 is 1.87 bits per heavy atom. The lowest BCUT2D eigenvalue weighted by Gasteiger charge is -2.66. The number of nitrogens with two attached hydrogens (primary N) is 1. The predicted molar refractivity (Wildman–Crippen MR) is 226 cm³/mol. The Morgan fingerprint density at radius 3 is 2.67 bits per heavy atom. The van der Waals surface area contributed by atoms with Gasteiger partial charge >= 0.3 is 0 Å². The highest BCUT2D eigenvalue weighted by Gasteiger charge is 2.67. The van der Waals surface area contributed by atoms with Gasteiger partial charge in [0, 0.05) is 70.2 Å². The SMILES string of the molecule is Cn1nc(C2CCC(=O)NC2=O)c2ccc(CC(=O)N3CCN(CCOc4cccc(CC56C[C@H]7CN(c8cc(-c9ccccc9O)nnc8N)C[C@@H]5CC76)c4F)CC3)cc21. The van der Waals surface area contributed by atoms with Crippen LogP contribution in [0, 0.1) is 29.0 Å². The van der Waals surface area contributed by atoms with Gasteiger partial charge in [-0.05, 0) is 90.3 Å². The second-order valence-corrected chi connectivity index (χ2v) is 17.7. The molecule has 2 saturated carbocycles. The summed E-state index contributed by atoms with van der Waals surface area (Å²) in [5.41, 5.74) is 11.5. The molecule has 3 aromatic carbocycles. The number of fused-ring (bicyclic) bond motifs is 3. The van der Waals surface area contributed by atoms with Crippen molar-refractivity contribution in [1.82, 2.24) is 35.1 Å². The molecule has 2 aliphatic carbocycles. The van der Waals surface area contributed by atoms with Crippen LogP contribution in [-0.2, 0) is 34.3 Å². The molecule has 11 rings (SSSR count). The summed E-state index contributed by atoms with van der Waals surface area (Å²) in [6.45, 7) is 5.26. The number of benzene rings is 3. The molecule has 0 spiro atoms. The molecular formula is C46H50FN9O5. The van der Waals surface area contributed by atoms with Crippen molar-refractivity contribution in [3.8, 4) is 22.8 Å². The van der Waals surface area contributed by atoms with Gasteiger partial charge in [-0.25, -0.2) is 4.39 Å². The average Bonchev–Trinajstić information content (AvgIpc) is 3.35. The average molecular weight is 828 g/mol. The summed E-state index contributed by atoms with van der Waals surface area (Å²) in [6.07, 6.45) is 3.82. The van der Waals surface area contributed by atoms with Crippen molar-refractivity contribution < 1.29 is 28.6 Å². The van der Waals surface area contributed by atoms with Gasteiger partial charge in [0.15, 0.2) is 17.4 Å². The van der Waals surface area contributed by atoms with Crippen LogP contribution in [0.25, 0.3) is 22.2 Å². The van der Waals surface area contributed by atoms with E-state index >= 15 is 4.39 Å². The number of para-hydroxylation sites is 1. The molecule has 6 aliphatic rings. The first-order chi connectivity index (χ1) is 29.5. The number of nitrogens with zero attached hydrogens (tertiary/aromatic N) is 7. The number of amides is 3. The molecule has 15 heteroatoms. The quantitative estimate of drug-likeness (QED) is 0.161. The van der Waals surface area contributed by atoms with Crippen LogP contribution in [-0.4, -0.2) is 105 Å². The minimum absolute atomic E-state index is 0.0508. The summed E-state index contributed by atoms with van der Waals surface area (Å²) in [5, 5.41) is 26.9. The number of aromatic nitrogens is 4. The molecule has 4 bridgehead atoms. The molecule has 3 amide bonds. The van der Waals surface area contributed by atoms with Gasteiger partial charge in [0.1, 0.15) is 12.4 Å². The van der Waals surface area contributed by atoms with E-state index < -0.39 is 5.92 Å². The standard InChI is InChI=1S/C46H50FN9O5/c1-53-36-19-27(9-10-32(36)43(52-53)33-11-12-40(58)49-45(33)60)20-41(59)55-15-13-54(14-16-55)17-18-61-39-8-4-5-28(42(39)47)23-46-24-29-25-56(26-30(46)21-34(29)46)37-22-35(50-51-44(37)48)31-6-2-3-7-38(31)57/h2-10,19,22,29-30,33-34,57H,11-18,20-21,23-26H2,1H3,(H2,48,51)(H,49,58,60)/t29-,30-,33?,34?,46?/m0/s1. The largest absolute Gasteiger partial charge is 0.507 e. The van der Waals surface area contributed by atoms with Gasteiger partial charge < -0.3 is 25.4 Å². The molecule has 6 heterocycles. The smallest absolute Gasteiger partial charge is 0.235 e. The zero-order chi connectivity index (χ0) is 42.0. The van der Waals surface area contributed by atoms with E-state index in [-0.39, 0.29) is 53.3 Å². The Morgan fingerprint density at radius 1 is 1.03 bits per heavy atom. The molecule has 3 unspecified atom stereocenters. The number of aromatic hydroxyl groups is 1. The van der Waals surface area contributed by atoms with Crippen molar-refractivity contribution in [1.29, 1.82) is 0 Å². The van der Waals surface area contributed by atoms with Crippen molar-refractivity contribution >= 4 is 40.1 Å². The molecular weight excluding hydrogens is 778 g/mol. The Balaban J connectivity index is 0.714. The number of hydrogen-bond acceptors (Lipinski definition) is 11. The minimum Gasteiger partial charge on any atom is -0.507 e. The molecule has 4 N–H and O–H groups in total. The van der Waals surface area contributed by atoms with E-state index in [2.05, 4.69) is 30.4 Å². The molecule has 61 heavy (non-hydrogen) atoms. The number of nitrogens with one attached hydrogen (secondary N) is 1. The maximum Gasteiger partial charge on any atom is 0.235 e. The monoisotopic (exact) mass is 827 g/mol. The molecule has 5 aromatic rings. The number of hydrogen-bond donors (Lipinski definition) is 3. The zero-order valence-corrected chi connectivity index (χ0v) is 34.2. The fraction of sp³-hybridized carbons (Fsp3) is 0.435. The Kier molecular flexibility index (Phi) is 9.88. The lowest BCUT2D eigenvalue weighted by atomic mass is 9.37. The summed E-state index contributed by atoms with van der Waals surface area (Å²) in [7, 11) is 1.82. The lowest BCUT2D eigenvalue weighted by molar-refractivity contribution is -0.169. The highest BCUT2D eigenvalue weighted by molar-refractivity contribution is 6.02. The molecule has 14 nitrogen and oxygen atoms in total. The van der Waals surface area contributed by atoms with Crippen molar-refractivity contribution in [2.24, 2.45) is 30.2 Å². The minimum atomic E-state index is -0.479. The third-order valence-electron chi connectivity index (χ3n) is 14.3. The molecule has 4 aliphatic heterocycles. The number of halogens is 1. The van der Waals surface area contributed by atoms with Crippen LogP contribution in [0.2, 0.25) is 0 Å². The highest BCUT2D eigenvalue weighted by atomic mass is 19.1. The highest BCUT2D eigenvalue weighted by Crippen LogP contribution is 2.71. The van der Waals surface area contributed by atoms with E-state index in [0.717, 1.165) is 48.1 Å². The number of nitrogen functional groups attached to an aromatic ring is 1. The van der Waals surface area contributed by atoms with Crippen LogP contribution < -0.4 is 20.7 Å². The van der Waals surface area contributed by atoms with E-state index in [9.17, 15) is 19.5 Å². The number of anilines is 2. The lowest BCUT2D eigenvalue weighted by Crippen LogP contribution is -2.62. The molecule has 0 radical (unpaired) electrons. The normalized spacial score (nSPS) is 24.8. The van der Waals surface area contributed by atoms with E-state index in [0.29, 0.717) is 98.3 Å². The summed E-state index contributed by atoms with van der Waals surface area (Å²) < 4.78 is 23.9. The third kappa shape index (κ3) is 7.01. The predicted octanol–water partition coefficient (Wildman–Crippen LogP) is 4.45. The zero-order valence-electron chi connectivity index (χ0n) is 34.2.